The number of anilines is 1. The van der Waals surface area contributed by atoms with Gasteiger partial charge < -0.3 is 11.1 Å². The van der Waals surface area contributed by atoms with E-state index in [-0.39, 0.29) is 11.6 Å². The number of pyridine rings is 1. The zero-order chi connectivity index (χ0) is 9.68. The van der Waals surface area contributed by atoms with Crippen molar-refractivity contribution in [1.29, 1.82) is 0 Å². The van der Waals surface area contributed by atoms with Gasteiger partial charge in [-0.1, -0.05) is 6.08 Å². The van der Waals surface area contributed by atoms with Crippen molar-refractivity contribution in [3.63, 3.8) is 0 Å². The highest BCUT2D eigenvalue weighted by Gasteiger charge is 2.08. The second-order valence-electron chi connectivity index (χ2n) is 2.44. The molecule has 3 N–H and O–H groups in total. The predicted molar refractivity (Wildman–Crippen MR) is 51.2 cm³/mol. The highest BCUT2D eigenvalue weighted by atomic mass is 16.1. The van der Waals surface area contributed by atoms with E-state index in [1.807, 2.05) is 0 Å². The fraction of sp³-hybridized carbons (Fsp3) is 0.111. The van der Waals surface area contributed by atoms with Gasteiger partial charge >= 0.3 is 0 Å². The van der Waals surface area contributed by atoms with E-state index in [9.17, 15) is 4.79 Å². The third-order valence-corrected chi connectivity index (χ3v) is 1.46. The summed E-state index contributed by atoms with van der Waals surface area (Å²) in [5, 5.41) is 2.59. The van der Waals surface area contributed by atoms with Gasteiger partial charge in [-0.25, -0.2) is 4.98 Å². The van der Waals surface area contributed by atoms with Crippen LogP contribution in [-0.4, -0.2) is 17.4 Å². The molecule has 0 aromatic carbocycles. The van der Waals surface area contributed by atoms with Gasteiger partial charge in [-0.15, -0.1) is 6.58 Å². The number of carbonyl (C=O) groups is 1. The van der Waals surface area contributed by atoms with E-state index in [4.69, 9.17) is 5.73 Å². The number of rotatable bonds is 3. The second-order valence-corrected chi connectivity index (χ2v) is 2.44. The third kappa shape index (κ3) is 2.30. The van der Waals surface area contributed by atoms with E-state index < -0.39 is 0 Å². The van der Waals surface area contributed by atoms with E-state index in [1.165, 1.54) is 6.20 Å². The number of nitrogens with zero attached hydrogens (tertiary/aromatic N) is 1. The van der Waals surface area contributed by atoms with E-state index in [0.29, 0.717) is 12.2 Å². The standard InChI is InChI=1S/C9H11N3O/c1-2-5-12-9(13)8-7(10)4-3-6-11-8/h2-4,6H,1,5,10H2,(H,12,13). The van der Waals surface area contributed by atoms with Crippen LogP contribution in [0, 0.1) is 0 Å². The Morgan fingerprint density at radius 2 is 2.54 bits per heavy atom. The molecule has 0 aliphatic rings. The molecule has 0 unspecified atom stereocenters. The lowest BCUT2D eigenvalue weighted by Crippen LogP contribution is -2.25. The molecule has 1 aromatic rings. The van der Waals surface area contributed by atoms with Crippen molar-refractivity contribution in [2.75, 3.05) is 12.3 Å². The summed E-state index contributed by atoms with van der Waals surface area (Å²) >= 11 is 0. The average Bonchev–Trinajstić information content (AvgIpc) is 2.15. The summed E-state index contributed by atoms with van der Waals surface area (Å²) in [5.74, 6) is -0.280. The van der Waals surface area contributed by atoms with Crippen molar-refractivity contribution in [3.8, 4) is 0 Å². The lowest BCUT2D eigenvalue weighted by molar-refractivity contribution is 0.0954. The Morgan fingerprint density at radius 1 is 1.77 bits per heavy atom. The van der Waals surface area contributed by atoms with Gasteiger partial charge in [-0.05, 0) is 12.1 Å². The molecule has 1 rings (SSSR count). The van der Waals surface area contributed by atoms with Crippen molar-refractivity contribution in [1.82, 2.24) is 10.3 Å². The van der Waals surface area contributed by atoms with Gasteiger partial charge in [0, 0.05) is 12.7 Å². The number of hydrogen-bond donors (Lipinski definition) is 2. The highest BCUT2D eigenvalue weighted by Crippen LogP contribution is 2.05. The minimum atomic E-state index is -0.280. The predicted octanol–water partition coefficient (Wildman–Crippen LogP) is 0.580. The van der Waals surface area contributed by atoms with Crippen LogP contribution in [0.3, 0.4) is 0 Å². The summed E-state index contributed by atoms with van der Waals surface area (Å²) in [4.78, 5) is 15.2. The second kappa shape index (κ2) is 4.25. The van der Waals surface area contributed by atoms with Crippen LogP contribution >= 0.6 is 0 Å². The first kappa shape index (κ1) is 9.25. The minimum absolute atomic E-state index is 0.254. The number of nitrogen functional groups attached to an aromatic ring is 1. The minimum Gasteiger partial charge on any atom is -0.397 e. The Hall–Kier alpha value is -1.84. The zero-order valence-electron chi connectivity index (χ0n) is 7.16. The van der Waals surface area contributed by atoms with Gasteiger partial charge in [-0.3, -0.25) is 4.79 Å². The Balaban J connectivity index is 2.76. The van der Waals surface area contributed by atoms with Crippen molar-refractivity contribution >= 4 is 11.6 Å². The molecular formula is C9H11N3O. The van der Waals surface area contributed by atoms with Gasteiger partial charge in [0.15, 0.2) is 5.69 Å². The lowest BCUT2D eigenvalue weighted by atomic mass is 10.3. The van der Waals surface area contributed by atoms with Crippen LogP contribution in [0.15, 0.2) is 31.0 Å². The van der Waals surface area contributed by atoms with Crippen LogP contribution in [0.4, 0.5) is 5.69 Å². The van der Waals surface area contributed by atoms with Crippen molar-refractivity contribution in [2.45, 2.75) is 0 Å². The summed E-state index contributed by atoms with van der Waals surface area (Å²) in [6.45, 7) is 3.89. The molecule has 1 aromatic heterocycles. The Kier molecular flexibility index (Phi) is 3.03. The first-order valence-electron chi connectivity index (χ1n) is 3.85. The maximum atomic E-state index is 11.3. The number of carbonyl (C=O) groups excluding carboxylic acids is 1. The molecule has 13 heavy (non-hydrogen) atoms. The van der Waals surface area contributed by atoms with E-state index in [1.54, 1.807) is 18.2 Å². The van der Waals surface area contributed by atoms with Crippen LogP contribution in [0.25, 0.3) is 0 Å². The number of nitrogens with one attached hydrogen (secondary N) is 1. The molecule has 0 saturated carbocycles. The van der Waals surface area contributed by atoms with Crippen LogP contribution in [0.1, 0.15) is 10.5 Å². The Bertz CT molecular complexity index is 322. The summed E-state index contributed by atoms with van der Waals surface area (Å²) in [6.07, 6.45) is 3.12. The molecule has 4 nitrogen and oxygen atoms in total. The SMILES string of the molecule is C=CCNC(=O)c1ncccc1N. The Labute approximate surface area is 76.5 Å². The fourth-order valence-corrected chi connectivity index (χ4v) is 0.856. The van der Waals surface area contributed by atoms with E-state index in [2.05, 4.69) is 16.9 Å². The monoisotopic (exact) mass is 177 g/mol. The molecule has 4 heteroatoms. The molecule has 1 amide bonds. The number of amides is 1. The maximum Gasteiger partial charge on any atom is 0.272 e. The zero-order valence-corrected chi connectivity index (χ0v) is 7.16. The summed E-state index contributed by atoms with van der Waals surface area (Å²) in [6, 6.07) is 3.31. The van der Waals surface area contributed by atoms with Crippen LogP contribution in [-0.2, 0) is 0 Å². The molecule has 0 aliphatic carbocycles. The molecule has 0 bridgehead atoms. The molecule has 0 aliphatic heterocycles. The number of hydrogen-bond acceptors (Lipinski definition) is 3. The summed E-state index contributed by atoms with van der Waals surface area (Å²) in [5.41, 5.74) is 6.18. The molecule has 68 valence electrons. The molecule has 0 atom stereocenters. The largest absolute Gasteiger partial charge is 0.397 e. The third-order valence-electron chi connectivity index (χ3n) is 1.46. The molecule has 0 fully saturated rings. The average molecular weight is 177 g/mol. The van der Waals surface area contributed by atoms with Gasteiger partial charge in [-0.2, -0.15) is 0 Å². The first-order valence-corrected chi connectivity index (χ1v) is 3.85. The van der Waals surface area contributed by atoms with E-state index >= 15 is 0 Å². The molecule has 0 saturated heterocycles. The lowest BCUT2D eigenvalue weighted by Gasteiger charge is -2.03. The van der Waals surface area contributed by atoms with Gasteiger partial charge in [0.25, 0.3) is 5.91 Å². The van der Waals surface area contributed by atoms with Gasteiger partial charge in [0.1, 0.15) is 0 Å². The Morgan fingerprint density at radius 3 is 3.15 bits per heavy atom. The smallest absolute Gasteiger partial charge is 0.272 e. The quantitative estimate of drug-likeness (QED) is 0.663. The number of aromatic nitrogens is 1. The van der Waals surface area contributed by atoms with Crippen LogP contribution in [0.5, 0.6) is 0 Å². The molecule has 0 spiro atoms. The normalized spacial score (nSPS) is 9.23. The first-order chi connectivity index (χ1) is 6.25. The molecule has 0 radical (unpaired) electrons. The van der Waals surface area contributed by atoms with Gasteiger partial charge in [0.05, 0.1) is 5.69 Å². The molecule has 1 heterocycles. The van der Waals surface area contributed by atoms with Crippen molar-refractivity contribution in [2.24, 2.45) is 0 Å². The highest BCUT2D eigenvalue weighted by molar-refractivity contribution is 5.97. The van der Waals surface area contributed by atoms with Crippen LogP contribution in [0.2, 0.25) is 0 Å². The van der Waals surface area contributed by atoms with Crippen LogP contribution < -0.4 is 11.1 Å². The van der Waals surface area contributed by atoms with Gasteiger partial charge in [0.2, 0.25) is 0 Å². The maximum absolute atomic E-state index is 11.3. The number of nitrogens with two attached hydrogens (primary N) is 1. The summed E-state index contributed by atoms with van der Waals surface area (Å²) in [7, 11) is 0. The van der Waals surface area contributed by atoms with E-state index in [0.717, 1.165) is 0 Å². The molecular weight excluding hydrogens is 166 g/mol. The van der Waals surface area contributed by atoms with Crippen molar-refractivity contribution < 1.29 is 4.79 Å². The fourth-order valence-electron chi connectivity index (χ4n) is 0.856. The van der Waals surface area contributed by atoms with Crippen molar-refractivity contribution in [3.05, 3.63) is 36.7 Å². The summed E-state index contributed by atoms with van der Waals surface area (Å²) < 4.78 is 0. The topological polar surface area (TPSA) is 68.0 Å².